The smallest absolute Gasteiger partial charge is 0.318 e. The van der Waals surface area contributed by atoms with Gasteiger partial charge in [-0.15, -0.1) is 0 Å². The lowest BCUT2D eigenvalue weighted by Gasteiger charge is -2.43. The van der Waals surface area contributed by atoms with Gasteiger partial charge in [0.2, 0.25) is 0 Å². The van der Waals surface area contributed by atoms with E-state index >= 15 is 0 Å². The summed E-state index contributed by atoms with van der Waals surface area (Å²) in [6.07, 6.45) is 8.32. The standard InChI is InChI=1S/C31H42FN5O3/c1-29(38)9-2-3-12-36(19-29)27-24-18-40-31(11-4-6-21-7-8-23(33)14-25(21)31)16-26(24)34-28(35-27)39-20-30-10-5-13-37(30)17-22(32)15-30/h7-8,14,22,38H,2-6,9-13,15-20,33H2,1H3/p+1/t22-,29-,30?,31?/m1/s1. The molecule has 5 aliphatic rings. The van der Waals surface area contributed by atoms with Crippen LogP contribution in [0.3, 0.4) is 0 Å². The van der Waals surface area contributed by atoms with Crippen LogP contribution in [0.4, 0.5) is 15.9 Å². The van der Waals surface area contributed by atoms with Crippen molar-refractivity contribution in [3.8, 4) is 6.01 Å². The van der Waals surface area contributed by atoms with Gasteiger partial charge in [0.25, 0.3) is 0 Å². The summed E-state index contributed by atoms with van der Waals surface area (Å²) in [6, 6.07) is 6.58. The number of aryl methyl sites for hydroxylation is 1. The summed E-state index contributed by atoms with van der Waals surface area (Å²) in [4.78, 5) is 14.6. The molecule has 0 radical (unpaired) electrons. The number of aromatic nitrogens is 2. The largest absolute Gasteiger partial charge is 0.461 e. The first-order chi connectivity index (χ1) is 19.2. The molecule has 5 heterocycles. The fraction of sp³-hybridized carbons (Fsp3) is 0.677. The summed E-state index contributed by atoms with van der Waals surface area (Å²) in [5.74, 6) is 0.842. The fourth-order valence-corrected chi connectivity index (χ4v) is 8.14. The molecule has 1 aliphatic carbocycles. The van der Waals surface area contributed by atoms with E-state index in [-0.39, 0.29) is 5.54 Å². The van der Waals surface area contributed by atoms with Crippen molar-refractivity contribution in [2.45, 2.75) is 101 Å². The number of halogens is 1. The predicted octanol–water partition coefficient (Wildman–Crippen LogP) is 3.79. The van der Waals surface area contributed by atoms with E-state index in [9.17, 15) is 4.39 Å². The Bertz CT molecular complexity index is 1290. The highest BCUT2D eigenvalue weighted by molar-refractivity contribution is 5.54. The number of ether oxygens (including phenoxy) is 2. The van der Waals surface area contributed by atoms with Gasteiger partial charge in [0.05, 0.1) is 30.0 Å². The second-order valence-electron chi connectivity index (χ2n) is 13.3. The molecule has 216 valence electrons. The number of alkyl halides is 1. The van der Waals surface area contributed by atoms with E-state index in [0.717, 1.165) is 87.2 Å². The van der Waals surface area contributed by atoms with Crippen LogP contribution >= 0.6 is 0 Å². The Hall–Kier alpha value is -2.49. The summed E-state index contributed by atoms with van der Waals surface area (Å²) >= 11 is 0. The fourth-order valence-electron chi connectivity index (χ4n) is 8.14. The van der Waals surface area contributed by atoms with E-state index in [2.05, 4.69) is 21.9 Å². The van der Waals surface area contributed by atoms with Gasteiger partial charge in [-0.3, -0.25) is 4.90 Å². The van der Waals surface area contributed by atoms with Crippen LogP contribution in [0, 0.1) is 0 Å². The van der Waals surface area contributed by atoms with Gasteiger partial charge < -0.3 is 25.2 Å². The SMILES string of the molecule is C[C@@]1([OH2+])CCCCN(c2nc(OCC34CCCN3C[C@H](F)C4)nc3c2COC2(CCCc4ccc(N)cc42)C3)C1. The van der Waals surface area contributed by atoms with Crippen molar-refractivity contribution in [3.63, 3.8) is 0 Å². The average Bonchev–Trinajstić information content (AvgIpc) is 3.38. The molecule has 0 bridgehead atoms. The highest BCUT2D eigenvalue weighted by atomic mass is 19.1. The minimum atomic E-state index is -0.799. The van der Waals surface area contributed by atoms with Gasteiger partial charge in [-0.05, 0) is 74.8 Å². The van der Waals surface area contributed by atoms with Crippen LogP contribution in [0.1, 0.15) is 80.7 Å². The second kappa shape index (κ2) is 9.81. The maximum absolute atomic E-state index is 14.4. The Morgan fingerprint density at radius 2 is 2.05 bits per heavy atom. The zero-order valence-electron chi connectivity index (χ0n) is 23.7. The van der Waals surface area contributed by atoms with Gasteiger partial charge in [-0.2, -0.15) is 9.97 Å². The summed E-state index contributed by atoms with van der Waals surface area (Å²) in [7, 11) is 0. The monoisotopic (exact) mass is 552 g/mol. The Kier molecular flexibility index (Phi) is 6.48. The number of hydrogen-bond donors (Lipinski definition) is 1. The van der Waals surface area contributed by atoms with Gasteiger partial charge in [-0.1, -0.05) is 6.07 Å². The number of nitrogen functional groups attached to an aromatic ring is 1. The minimum Gasteiger partial charge on any atom is -0.461 e. The normalized spacial score (nSPS) is 33.9. The molecule has 9 heteroatoms. The topological polar surface area (TPSA) is 99.6 Å². The van der Waals surface area contributed by atoms with E-state index in [1.807, 2.05) is 13.0 Å². The second-order valence-corrected chi connectivity index (χ2v) is 13.3. The lowest BCUT2D eigenvalue weighted by atomic mass is 9.74. The Morgan fingerprint density at radius 1 is 1.15 bits per heavy atom. The van der Waals surface area contributed by atoms with Crippen LogP contribution in [0.5, 0.6) is 6.01 Å². The molecular weight excluding hydrogens is 509 g/mol. The first kappa shape index (κ1) is 26.4. The van der Waals surface area contributed by atoms with Crippen molar-refractivity contribution in [1.82, 2.24) is 14.9 Å². The van der Waals surface area contributed by atoms with Gasteiger partial charge in [0.15, 0.2) is 5.60 Å². The molecule has 0 saturated carbocycles. The van der Waals surface area contributed by atoms with E-state index < -0.39 is 17.4 Å². The molecule has 2 unspecified atom stereocenters. The van der Waals surface area contributed by atoms with Crippen molar-refractivity contribution in [3.05, 3.63) is 40.6 Å². The lowest BCUT2D eigenvalue weighted by molar-refractivity contribution is -0.0855. The molecule has 1 spiro atoms. The van der Waals surface area contributed by atoms with E-state index in [1.54, 1.807) is 0 Å². The van der Waals surface area contributed by atoms with Crippen molar-refractivity contribution in [2.75, 3.05) is 43.4 Å². The molecule has 8 nitrogen and oxygen atoms in total. The van der Waals surface area contributed by atoms with Gasteiger partial charge >= 0.3 is 6.01 Å². The van der Waals surface area contributed by atoms with Crippen LogP contribution in [-0.2, 0) is 29.8 Å². The summed E-state index contributed by atoms with van der Waals surface area (Å²) in [5, 5.41) is 8.89. The number of nitrogens with two attached hydrogens (primary N) is 1. The maximum Gasteiger partial charge on any atom is 0.318 e. The molecule has 7 rings (SSSR count). The van der Waals surface area contributed by atoms with Gasteiger partial charge in [0.1, 0.15) is 18.6 Å². The van der Waals surface area contributed by atoms with Crippen LogP contribution in [0.15, 0.2) is 18.2 Å². The molecule has 40 heavy (non-hydrogen) atoms. The molecule has 4 N–H and O–H groups in total. The third kappa shape index (κ3) is 4.64. The Balaban J connectivity index is 1.26. The first-order valence-electron chi connectivity index (χ1n) is 15.2. The number of rotatable bonds is 4. The Morgan fingerprint density at radius 3 is 2.95 bits per heavy atom. The quantitative estimate of drug-likeness (QED) is 0.455. The molecule has 1 aromatic carbocycles. The number of fused-ring (bicyclic) bond motifs is 4. The number of anilines is 2. The van der Waals surface area contributed by atoms with Crippen LogP contribution in [0.25, 0.3) is 0 Å². The van der Waals surface area contributed by atoms with Crippen molar-refractivity contribution >= 4 is 11.5 Å². The highest BCUT2D eigenvalue weighted by Gasteiger charge is 2.50. The number of hydrogen-bond acceptors (Lipinski definition) is 7. The van der Waals surface area contributed by atoms with Gasteiger partial charge in [-0.25, -0.2) is 4.39 Å². The zero-order chi connectivity index (χ0) is 27.5. The summed E-state index contributed by atoms with van der Waals surface area (Å²) in [5.41, 5.74) is 10.2. The van der Waals surface area contributed by atoms with Crippen molar-refractivity contribution in [2.24, 2.45) is 0 Å². The molecule has 2 aromatic rings. The molecule has 3 saturated heterocycles. The molecule has 1 aromatic heterocycles. The molecule has 0 amide bonds. The number of nitrogens with zero attached hydrogens (tertiary/aromatic N) is 4. The summed E-state index contributed by atoms with van der Waals surface area (Å²) in [6.45, 7) is 5.74. The summed E-state index contributed by atoms with van der Waals surface area (Å²) < 4.78 is 27.6. The molecule has 4 aliphatic heterocycles. The predicted molar refractivity (Wildman–Crippen MR) is 153 cm³/mol. The Labute approximate surface area is 236 Å². The average molecular weight is 553 g/mol. The molecular formula is C31H43FN5O3+. The van der Waals surface area contributed by atoms with E-state index in [4.69, 9.17) is 30.3 Å². The third-order valence-corrected chi connectivity index (χ3v) is 10.1. The number of benzene rings is 1. The van der Waals surface area contributed by atoms with Crippen molar-refractivity contribution in [1.29, 1.82) is 0 Å². The van der Waals surface area contributed by atoms with Crippen molar-refractivity contribution < 1.29 is 19.0 Å². The minimum absolute atomic E-state index is 0.259. The van der Waals surface area contributed by atoms with E-state index in [1.165, 1.54) is 11.1 Å². The molecule has 4 atom stereocenters. The third-order valence-electron chi connectivity index (χ3n) is 10.1. The van der Waals surface area contributed by atoms with Gasteiger partial charge in [0, 0.05) is 50.5 Å². The lowest BCUT2D eigenvalue weighted by Crippen LogP contribution is -2.44. The van der Waals surface area contributed by atoms with Crippen LogP contribution < -0.4 is 15.4 Å². The highest BCUT2D eigenvalue weighted by Crippen LogP contribution is 2.47. The van der Waals surface area contributed by atoms with Crippen LogP contribution in [-0.4, -0.2) is 70.1 Å². The molecule has 3 fully saturated rings. The van der Waals surface area contributed by atoms with E-state index in [0.29, 0.717) is 45.2 Å². The first-order valence-corrected chi connectivity index (χ1v) is 15.2. The van der Waals surface area contributed by atoms with Crippen LogP contribution in [0.2, 0.25) is 0 Å². The zero-order valence-corrected chi connectivity index (χ0v) is 23.7. The maximum atomic E-state index is 14.4.